The van der Waals surface area contributed by atoms with Crippen molar-refractivity contribution in [3.8, 4) is 16.9 Å². The molecule has 2 aromatic heterocycles. The second-order valence-electron chi connectivity index (χ2n) is 11.8. The van der Waals surface area contributed by atoms with Crippen LogP contribution in [0.1, 0.15) is 50.3 Å². The Hall–Kier alpha value is -3.80. The largest absolute Gasteiger partial charge is 0.355 e. The Kier molecular flexibility index (Phi) is 9.10. The molecule has 2 aliphatic rings. The van der Waals surface area contributed by atoms with Crippen LogP contribution in [0.25, 0.3) is 28.0 Å². The predicted molar refractivity (Wildman–Crippen MR) is 186 cm³/mol. The van der Waals surface area contributed by atoms with E-state index in [0.717, 1.165) is 34.4 Å². The highest BCUT2D eigenvalue weighted by Crippen LogP contribution is 2.37. The van der Waals surface area contributed by atoms with Crippen LogP contribution >= 0.6 is 21.5 Å². The molecule has 3 atom stereocenters. The predicted octanol–water partition coefficient (Wildman–Crippen LogP) is 6.55. The standard InChI is InChI=1S/C35H36ClN5O2.H3P/c1-6-30(42)39-19-23(5)40(20-22(39)4)33-28-18-29(36)31-27-16-10-9-13-24(27)12-7-8-14-25-15-11-17-26(21(2)3)32(25)41(34(28)37-31)35(43)38-33;/h6-11,13,15-18,21-23H,1,12,14,19-20H2,2-5H3;1H3/b8-7-;/t22-,23+;/m1./s1. The van der Waals surface area contributed by atoms with Gasteiger partial charge in [-0.3, -0.25) is 4.79 Å². The lowest BCUT2D eigenvalue weighted by Gasteiger charge is -2.44. The highest BCUT2D eigenvalue weighted by molar-refractivity contribution is 6.92. The molecule has 1 unspecified atom stereocenters. The number of anilines is 1. The molecule has 2 aliphatic heterocycles. The van der Waals surface area contributed by atoms with Crippen LogP contribution in [0.3, 0.4) is 0 Å². The van der Waals surface area contributed by atoms with Crippen LogP contribution in [-0.4, -0.2) is 50.5 Å². The second kappa shape index (κ2) is 12.7. The number of para-hydroxylation sites is 1. The van der Waals surface area contributed by atoms with Gasteiger partial charge in [-0.05, 0) is 61.4 Å². The molecule has 6 rings (SSSR count). The molecule has 7 nitrogen and oxygen atoms in total. The van der Waals surface area contributed by atoms with Gasteiger partial charge in [0, 0.05) is 30.7 Å². The number of benzene rings is 2. The zero-order chi connectivity index (χ0) is 30.4. The fraction of sp³-hybridized carbons (Fsp3) is 0.314. The third-order valence-corrected chi connectivity index (χ3v) is 8.92. The lowest BCUT2D eigenvalue weighted by molar-refractivity contribution is -0.128. The van der Waals surface area contributed by atoms with Crippen molar-refractivity contribution in [2.45, 2.75) is 58.5 Å². The summed E-state index contributed by atoms with van der Waals surface area (Å²) in [6.07, 6.45) is 7.10. The highest BCUT2D eigenvalue weighted by atomic mass is 35.5. The minimum absolute atomic E-state index is 0. The Morgan fingerprint density at radius 2 is 1.70 bits per heavy atom. The lowest BCUT2D eigenvalue weighted by atomic mass is 9.95. The monoisotopic (exact) mass is 627 g/mol. The number of carbonyl (C=O) groups excluding carboxylic acids is 1. The number of allylic oxidation sites excluding steroid dienone is 2. The summed E-state index contributed by atoms with van der Waals surface area (Å²) in [4.78, 5) is 40.7. The minimum Gasteiger partial charge on any atom is -0.349 e. The number of pyridine rings is 1. The zero-order valence-corrected chi connectivity index (χ0v) is 27.9. The van der Waals surface area contributed by atoms with Gasteiger partial charge in [-0.1, -0.05) is 86.6 Å². The van der Waals surface area contributed by atoms with E-state index in [0.29, 0.717) is 47.1 Å². The SMILES string of the molecule is C=CC(=O)N1C[C@H](C)N(c2nc(=O)n3c4nc(c(Cl)cc24)-c2ccccc2C/C=C\Cc2cccc(C(C)C)c2-3)C[C@H]1C.P. The summed E-state index contributed by atoms with van der Waals surface area (Å²) in [6, 6.07) is 16.1. The van der Waals surface area contributed by atoms with Crippen LogP contribution in [-0.2, 0) is 17.6 Å². The molecule has 0 saturated carbocycles. The molecule has 0 N–H and O–H groups in total. The molecular formula is C35H39ClN5O2P. The van der Waals surface area contributed by atoms with Gasteiger partial charge in [-0.2, -0.15) is 14.9 Å². The average Bonchev–Trinajstić information content (AvgIpc) is 2.99. The Bertz CT molecular complexity index is 1850. The van der Waals surface area contributed by atoms with Gasteiger partial charge in [-0.15, -0.1) is 0 Å². The Balaban J connectivity index is 0.00000384. The molecule has 4 heterocycles. The first-order valence-electron chi connectivity index (χ1n) is 14.9. The van der Waals surface area contributed by atoms with Gasteiger partial charge < -0.3 is 9.80 Å². The van der Waals surface area contributed by atoms with Gasteiger partial charge in [0.25, 0.3) is 0 Å². The number of aromatic nitrogens is 3. The van der Waals surface area contributed by atoms with Gasteiger partial charge >= 0.3 is 5.69 Å². The van der Waals surface area contributed by atoms with Crippen molar-refractivity contribution >= 4 is 44.3 Å². The molecule has 1 fully saturated rings. The van der Waals surface area contributed by atoms with E-state index in [9.17, 15) is 9.59 Å². The zero-order valence-electron chi connectivity index (χ0n) is 25.8. The first-order valence-corrected chi connectivity index (χ1v) is 15.3. The Morgan fingerprint density at radius 3 is 2.43 bits per heavy atom. The maximum atomic E-state index is 14.3. The quantitative estimate of drug-likeness (QED) is 0.146. The van der Waals surface area contributed by atoms with Crippen LogP contribution in [0.5, 0.6) is 0 Å². The summed E-state index contributed by atoms with van der Waals surface area (Å²) in [7, 11) is 0. The molecule has 9 heteroatoms. The fourth-order valence-electron chi connectivity index (χ4n) is 6.43. The minimum atomic E-state index is -0.392. The molecule has 228 valence electrons. The van der Waals surface area contributed by atoms with E-state index < -0.39 is 5.69 Å². The third-order valence-electron chi connectivity index (χ3n) is 8.63. The number of hydrogen-bond acceptors (Lipinski definition) is 5. The third kappa shape index (κ3) is 5.48. The van der Waals surface area contributed by atoms with Crippen LogP contribution in [0, 0.1) is 0 Å². The number of amides is 1. The molecule has 2 bridgehead atoms. The summed E-state index contributed by atoms with van der Waals surface area (Å²) in [5.74, 6) is 0.594. The molecule has 1 saturated heterocycles. The van der Waals surface area contributed by atoms with Crippen molar-refractivity contribution in [2.24, 2.45) is 0 Å². The summed E-state index contributed by atoms with van der Waals surface area (Å²) in [5.41, 5.74) is 5.73. The van der Waals surface area contributed by atoms with Crippen molar-refractivity contribution in [1.29, 1.82) is 0 Å². The second-order valence-corrected chi connectivity index (χ2v) is 12.2. The molecule has 4 aromatic rings. The van der Waals surface area contributed by atoms with Crippen LogP contribution < -0.4 is 10.6 Å². The van der Waals surface area contributed by atoms with Crippen molar-refractivity contribution in [1.82, 2.24) is 19.4 Å². The van der Waals surface area contributed by atoms with Gasteiger partial charge in [0.1, 0.15) is 5.82 Å². The number of nitrogens with zero attached hydrogens (tertiary/aromatic N) is 5. The fourth-order valence-corrected chi connectivity index (χ4v) is 6.68. The Morgan fingerprint density at radius 1 is 1.00 bits per heavy atom. The van der Waals surface area contributed by atoms with Gasteiger partial charge in [0.05, 0.1) is 21.8 Å². The number of halogens is 1. The van der Waals surface area contributed by atoms with Crippen LogP contribution in [0.4, 0.5) is 5.82 Å². The van der Waals surface area contributed by atoms with Gasteiger partial charge in [0.2, 0.25) is 5.91 Å². The van der Waals surface area contributed by atoms with Gasteiger partial charge in [0.15, 0.2) is 5.65 Å². The highest BCUT2D eigenvalue weighted by Gasteiger charge is 2.34. The Labute approximate surface area is 266 Å². The summed E-state index contributed by atoms with van der Waals surface area (Å²) in [5, 5.41) is 1.19. The molecule has 0 radical (unpaired) electrons. The number of carbonyl (C=O) groups is 1. The maximum absolute atomic E-state index is 14.3. The topological polar surface area (TPSA) is 71.3 Å². The van der Waals surface area contributed by atoms with E-state index in [2.05, 4.69) is 61.7 Å². The van der Waals surface area contributed by atoms with E-state index >= 15 is 0 Å². The summed E-state index contributed by atoms with van der Waals surface area (Å²) in [6.45, 7) is 13.0. The molecule has 44 heavy (non-hydrogen) atoms. The number of piperazine rings is 1. The van der Waals surface area contributed by atoms with Crippen molar-refractivity contribution in [3.05, 3.63) is 106 Å². The smallest absolute Gasteiger partial charge is 0.349 e. The first kappa shape index (κ1) is 31.6. The summed E-state index contributed by atoms with van der Waals surface area (Å²) < 4.78 is 1.69. The normalized spacial score (nSPS) is 18.6. The van der Waals surface area contributed by atoms with E-state index in [1.54, 1.807) is 4.57 Å². The maximum Gasteiger partial charge on any atom is 0.355 e. The molecule has 0 aliphatic carbocycles. The molecule has 2 aromatic carbocycles. The lowest BCUT2D eigenvalue weighted by Crippen LogP contribution is -2.58. The van der Waals surface area contributed by atoms with E-state index in [-0.39, 0.29) is 33.8 Å². The molecular weight excluding hydrogens is 589 g/mol. The average molecular weight is 628 g/mol. The number of fused-ring (bicyclic) bond motifs is 5. The van der Waals surface area contributed by atoms with Gasteiger partial charge in [-0.25, -0.2) is 14.3 Å². The molecule has 0 spiro atoms. The number of hydrogen-bond donors (Lipinski definition) is 0. The van der Waals surface area contributed by atoms with Crippen LogP contribution in [0.2, 0.25) is 5.02 Å². The van der Waals surface area contributed by atoms with E-state index in [4.69, 9.17) is 21.6 Å². The van der Waals surface area contributed by atoms with E-state index in [1.165, 1.54) is 6.08 Å². The summed E-state index contributed by atoms with van der Waals surface area (Å²) >= 11 is 7.06. The van der Waals surface area contributed by atoms with Crippen molar-refractivity contribution in [2.75, 3.05) is 18.0 Å². The first-order chi connectivity index (χ1) is 20.7. The number of rotatable bonds is 3. The van der Waals surface area contributed by atoms with Crippen LogP contribution in [0.15, 0.2) is 78.1 Å². The van der Waals surface area contributed by atoms with E-state index in [1.807, 2.05) is 43.0 Å². The van der Waals surface area contributed by atoms with Crippen molar-refractivity contribution in [3.63, 3.8) is 0 Å². The van der Waals surface area contributed by atoms with Crippen molar-refractivity contribution < 1.29 is 4.79 Å². The molecule has 1 amide bonds.